The molecule has 0 spiro atoms. The Bertz CT molecular complexity index is 726. The van der Waals surface area contributed by atoms with Gasteiger partial charge >= 0.3 is 12.2 Å². The van der Waals surface area contributed by atoms with E-state index in [1.54, 1.807) is 46.6 Å². The van der Waals surface area contributed by atoms with E-state index in [9.17, 15) is 14.7 Å². The van der Waals surface area contributed by atoms with E-state index in [1.807, 2.05) is 30.3 Å². The van der Waals surface area contributed by atoms with Crippen molar-refractivity contribution in [3.05, 3.63) is 35.9 Å². The number of nitrogens with one attached hydrogen (secondary N) is 2. The van der Waals surface area contributed by atoms with E-state index in [-0.39, 0.29) is 6.54 Å². The maximum absolute atomic E-state index is 12.5. The quantitative estimate of drug-likeness (QED) is 0.446. The molecule has 1 aromatic rings. The van der Waals surface area contributed by atoms with Crippen LogP contribution in [-0.4, -0.2) is 58.7 Å². The van der Waals surface area contributed by atoms with Gasteiger partial charge < -0.3 is 19.9 Å². The molecule has 0 heterocycles. The van der Waals surface area contributed by atoms with Gasteiger partial charge in [-0.05, 0) is 65.9 Å². The Morgan fingerprint density at radius 1 is 0.970 bits per heavy atom. The van der Waals surface area contributed by atoms with Crippen LogP contribution in [0.3, 0.4) is 0 Å². The Morgan fingerprint density at radius 3 is 2.03 bits per heavy atom. The third kappa shape index (κ3) is 13.7. The van der Waals surface area contributed by atoms with Gasteiger partial charge in [-0.2, -0.15) is 0 Å². The summed E-state index contributed by atoms with van der Waals surface area (Å²) in [4.78, 5) is 24.8. The van der Waals surface area contributed by atoms with Gasteiger partial charge in [-0.25, -0.2) is 14.6 Å². The zero-order chi connectivity index (χ0) is 25.2. The topological polar surface area (TPSA) is 100 Å². The number of aliphatic hydroxyl groups excluding tert-OH is 1. The average Bonchev–Trinajstić information content (AvgIpc) is 2.63. The van der Waals surface area contributed by atoms with E-state index >= 15 is 0 Å². The molecular weight excluding hydrogens is 422 g/mol. The van der Waals surface area contributed by atoms with Crippen LogP contribution in [-0.2, 0) is 15.9 Å². The van der Waals surface area contributed by atoms with Crippen molar-refractivity contribution in [2.75, 3.05) is 13.1 Å². The SMILES string of the molecule is CC(C)CCN(C[C@H](O)[C@H](Cc1ccccc1)NC(=O)OC(C)(C)C)NC(=O)OC(C)(C)C. The molecule has 2 atom stereocenters. The highest BCUT2D eigenvalue weighted by Crippen LogP contribution is 2.12. The fourth-order valence-corrected chi connectivity index (χ4v) is 3.00. The normalized spacial score (nSPS) is 14.0. The molecule has 0 aliphatic heterocycles. The summed E-state index contributed by atoms with van der Waals surface area (Å²) < 4.78 is 10.8. The highest BCUT2D eigenvalue weighted by molar-refractivity contribution is 5.68. The van der Waals surface area contributed by atoms with Crippen LogP contribution in [0, 0.1) is 5.92 Å². The molecule has 0 saturated carbocycles. The number of alkyl carbamates (subject to hydrolysis) is 1. The van der Waals surface area contributed by atoms with Crippen molar-refractivity contribution in [1.82, 2.24) is 15.8 Å². The second-order valence-electron chi connectivity index (χ2n) is 10.8. The number of benzene rings is 1. The summed E-state index contributed by atoms with van der Waals surface area (Å²) in [6, 6.07) is 8.98. The molecule has 8 nitrogen and oxygen atoms in total. The minimum atomic E-state index is -0.972. The molecule has 188 valence electrons. The molecule has 33 heavy (non-hydrogen) atoms. The van der Waals surface area contributed by atoms with Crippen molar-refractivity contribution >= 4 is 12.2 Å². The summed E-state index contributed by atoms with van der Waals surface area (Å²) >= 11 is 0. The third-order valence-electron chi connectivity index (χ3n) is 4.50. The smallest absolute Gasteiger partial charge is 0.422 e. The summed E-state index contributed by atoms with van der Waals surface area (Å²) in [6.07, 6.45) is -0.939. The largest absolute Gasteiger partial charge is 0.444 e. The molecule has 0 fully saturated rings. The molecule has 0 unspecified atom stereocenters. The minimum Gasteiger partial charge on any atom is -0.444 e. The number of aliphatic hydroxyl groups is 1. The molecule has 0 saturated heterocycles. The first kappa shape index (κ1) is 28.7. The van der Waals surface area contributed by atoms with E-state index in [0.29, 0.717) is 18.9 Å². The van der Waals surface area contributed by atoms with Crippen LogP contribution in [0.2, 0.25) is 0 Å². The molecule has 8 heteroatoms. The lowest BCUT2D eigenvalue weighted by molar-refractivity contribution is 0.0117. The number of carbonyl (C=O) groups excluding carboxylic acids is 2. The van der Waals surface area contributed by atoms with Gasteiger partial charge in [0, 0.05) is 13.1 Å². The first-order chi connectivity index (χ1) is 15.1. The van der Waals surface area contributed by atoms with Gasteiger partial charge in [-0.3, -0.25) is 5.43 Å². The number of hydrogen-bond donors (Lipinski definition) is 3. The molecule has 2 amide bonds. The Kier molecular flexibility index (Phi) is 11.1. The van der Waals surface area contributed by atoms with Gasteiger partial charge in [0.1, 0.15) is 11.2 Å². The maximum Gasteiger partial charge on any atom is 0.422 e. The Labute approximate surface area is 199 Å². The van der Waals surface area contributed by atoms with Gasteiger partial charge in [-0.1, -0.05) is 44.2 Å². The number of carbonyl (C=O) groups is 2. The van der Waals surface area contributed by atoms with Crippen LogP contribution in [0.5, 0.6) is 0 Å². The van der Waals surface area contributed by atoms with Crippen LogP contribution < -0.4 is 10.7 Å². The molecule has 1 aromatic carbocycles. The van der Waals surface area contributed by atoms with Crippen molar-refractivity contribution in [1.29, 1.82) is 0 Å². The Morgan fingerprint density at radius 2 is 1.52 bits per heavy atom. The first-order valence-corrected chi connectivity index (χ1v) is 11.6. The van der Waals surface area contributed by atoms with Crippen molar-refractivity contribution in [2.45, 2.75) is 91.6 Å². The molecule has 0 aliphatic rings. The predicted octanol–water partition coefficient (Wildman–Crippen LogP) is 4.27. The fraction of sp³-hybridized carbons (Fsp3) is 0.680. The van der Waals surface area contributed by atoms with E-state index in [4.69, 9.17) is 9.47 Å². The fourth-order valence-electron chi connectivity index (χ4n) is 3.00. The Hall–Kier alpha value is -2.32. The molecular formula is C25H43N3O5. The summed E-state index contributed by atoms with van der Waals surface area (Å²) in [7, 11) is 0. The summed E-state index contributed by atoms with van der Waals surface area (Å²) in [5.41, 5.74) is 2.41. The monoisotopic (exact) mass is 465 g/mol. The molecule has 0 radical (unpaired) electrons. The minimum absolute atomic E-state index is 0.110. The van der Waals surface area contributed by atoms with Gasteiger partial charge in [-0.15, -0.1) is 0 Å². The number of hydrazine groups is 1. The van der Waals surface area contributed by atoms with Crippen molar-refractivity contribution in [3.63, 3.8) is 0 Å². The van der Waals surface area contributed by atoms with Crippen molar-refractivity contribution < 1.29 is 24.2 Å². The van der Waals surface area contributed by atoms with Gasteiger partial charge in [0.05, 0.1) is 12.1 Å². The van der Waals surface area contributed by atoms with E-state index in [1.165, 1.54) is 0 Å². The molecule has 0 aromatic heterocycles. The Balaban J connectivity index is 2.97. The van der Waals surface area contributed by atoms with E-state index < -0.39 is 35.5 Å². The average molecular weight is 466 g/mol. The lowest BCUT2D eigenvalue weighted by Crippen LogP contribution is -2.54. The van der Waals surface area contributed by atoms with Crippen LogP contribution in [0.1, 0.15) is 67.4 Å². The van der Waals surface area contributed by atoms with Crippen LogP contribution in [0.4, 0.5) is 9.59 Å². The van der Waals surface area contributed by atoms with Crippen molar-refractivity contribution in [2.24, 2.45) is 5.92 Å². The number of ether oxygens (including phenoxy) is 2. The number of rotatable bonds is 10. The number of nitrogens with zero attached hydrogens (tertiary/aromatic N) is 1. The lowest BCUT2D eigenvalue weighted by atomic mass is 10.0. The van der Waals surface area contributed by atoms with E-state index in [0.717, 1.165) is 12.0 Å². The second kappa shape index (κ2) is 12.8. The highest BCUT2D eigenvalue weighted by atomic mass is 16.6. The summed E-state index contributed by atoms with van der Waals surface area (Å²) in [5.74, 6) is 0.407. The van der Waals surface area contributed by atoms with Crippen molar-refractivity contribution in [3.8, 4) is 0 Å². The second-order valence-corrected chi connectivity index (χ2v) is 10.8. The number of amides is 2. The standard InChI is InChI=1S/C25H43N3O5/c1-18(2)14-15-28(27-23(31)33-25(6,7)8)17-21(29)20(16-19-12-10-9-11-13-19)26-22(30)32-24(3,4)5/h9-13,18,20-21,29H,14-17H2,1-8H3,(H,26,30)(H,27,31)/t20-,21-/m0/s1. The summed E-state index contributed by atoms with van der Waals surface area (Å²) in [5, 5.41) is 15.5. The molecule has 3 N–H and O–H groups in total. The maximum atomic E-state index is 12.5. The van der Waals surface area contributed by atoms with Crippen LogP contribution >= 0.6 is 0 Å². The molecule has 1 rings (SSSR count). The third-order valence-corrected chi connectivity index (χ3v) is 4.50. The zero-order valence-electron chi connectivity index (χ0n) is 21.5. The zero-order valence-corrected chi connectivity index (χ0v) is 21.5. The van der Waals surface area contributed by atoms with Gasteiger partial charge in [0.15, 0.2) is 0 Å². The van der Waals surface area contributed by atoms with E-state index in [2.05, 4.69) is 24.6 Å². The van der Waals surface area contributed by atoms with Gasteiger partial charge in [0.25, 0.3) is 0 Å². The first-order valence-electron chi connectivity index (χ1n) is 11.6. The van der Waals surface area contributed by atoms with Crippen LogP contribution in [0.15, 0.2) is 30.3 Å². The predicted molar refractivity (Wildman–Crippen MR) is 130 cm³/mol. The highest BCUT2D eigenvalue weighted by Gasteiger charge is 2.28. The summed E-state index contributed by atoms with van der Waals surface area (Å²) in [6.45, 7) is 15.5. The van der Waals surface area contributed by atoms with Gasteiger partial charge in [0.2, 0.25) is 0 Å². The number of hydrogen-bond acceptors (Lipinski definition) is 6. The molecule has 0 bridgehead atoms. The molecule has 0 aliphatic carbocycles. The van der Waals surface area contributed by atoms with Crippen LogP contribution in [0.25, 0.3) is 0 Å². The lowest BCUT2D eigenvalue weighted by Gasteiger charge is -2.32.